The zero-order valence-electron chi connectivity index (χ0n) is 10.7. The molecule has 0 aliphatic carbocycles. The number of benzene rings is 1. The molecule has 110 valence electrons. The fraction of sp³-hybridized carbons (Fsp3) is 0.0769. The molecule has 0 fully saturated rings. The van der Waals surface area contributed by atoms with Crippen LogP contribution < -0.4 is 10.5 Å². The molecular formula is C13H9BrCl2N2O3. The van der Waals surface area contributed by atoms with Crippen molar-refractivity contribution >= 4 is 50.8 Å². The van der Waals surface area contributed by atoms with Crippen LogP contribution in [0.15, 0.2) is 22.7 Å². The average molecular weight is 392 g/mol. The number of hydrogen-bond acceptors (Lipinski definition) is 4. The first-order chi connectivity index (χ1) is 9.86. The molecule has 0 saturated carbocycles. The number of nitrogen functional groups attached to an aromatic ring is 1. The van der Waals surface area contributed by atoms with E-state index in [0.29, 0.717) is 26.5 Å². The topological polar surface area (TPSA) is 85.4 Å². The molecule has 0 aliphatic heterocycles. The third kappa shape index (κ3) is 2.92. The van der Waals surface area contributed by atoms with E-state index in [0.717, 1.165) is 0 Å². The number of carboxylic acid groups (broad SMARTS) is 1. The molecule has 1 aromatic carbocycles. The fourth-order valence-corrected chi connectivity index (χ4v) is 2.98. The second-order valence-corrected chi connectivity index (χ2v) is 5.58. The van der Waals surface area contributed by atoms with Gasteiger partial charge in [-0.25, -0.2) is 9.78 Å². The Labute approximate surface area is 138 Å². The molecule has 0 unspecified atom stereocenters. The lowest BCUT2D eigenvalue weighted by Gasteiger charge is -2.12. The molecule has 1 aromatic heterocycles. The van der Waals surface area contributed by atoms with Crippen molar-refractivity contribution in [3.63, 3.8) is 0 Å². The van der Waals surface area contributed by atoms with Crippen LogP contribution in [0.1, 0.15) is 10.5 Å². The largest absolute Gasteiger partial charge is 0.494 e. The lowest BCUT2D eigenvalue weighted by molar-refractivity contribution is 0.0691. The maximum absolute atomic E-state index is 11.2. The highest BCUT2D eigenvalue weighted by Gasteiger charge is 2.19. The van der Waals surface area contributed by atoms with Crippen LogP contribution >= 0.6 is 39.1 Å². The third-order valence-corrected chi connectivity index (χ3v) is 4.20. The summed E-state index contributed by atoms with van der Waals surface area (Å²) in [5.74, 6) is -0.841. The van der Waals surface area contributed by atoms with Crippen LogP contribution in [-0.2, 0) is 0 Å². The van der Waals surface area contributed by atoms with Gasteiger partial charge in [0.1, 0.15) is 0 Å². The molecule has 0 aliphatic rings. The van der Waals surface area contributed by atoms with Crippen molar-refractivity contribution < 1.29 is 14.6 Å². The number of rotatable bonds is 3. The van der Waals surface area contributed by atoms with Crippen LogP contribution in [0.5, 0.6) is 5.75 Å². The summed E-state index contributed by atoms with van der Waals surface area (Å²) in [4.78, 5) is 15.2. The minimum Gasteiger partial charge on any atom is -0.494 e. The van der Waals surface area contributed by atoms with E-state index in [4.69, 9.17) is 38.8 Å². The van der Waals surface area contributed by atoms with Crippen molar-refractivity contribution in [2.75, 3.05) is 12.8 Å². The Kier molecular flexibility index (Phi) is 4.61. The van der Waals surface area contributed by atoms with Crippen LogP contribution in [0.25, 0.3) is 11.3 Å². The Morgan fingerprint density at radius 1 is 1.43 bits per heavy atom. The maximum atomic E-state index is 11.2. The highest BCUT2D eigenvalue weighted by atomic mass is 79.9. The minimum absolute atomic E-state index is 0.0942. The van der Waals surface area contributed by atoms with Crippen molar-refractivity contribution in [3.8, 4) is 17.0 Å². The predicted octanol–water partition coefficient (Wildman–Crippen LogP) is 4.11. The molecule has 0 atom stereocenters. The van der Waals surface area contributed by atoms with Gasteiger partial charge in [-0.3, -0.25) is 0 Å². The first kappa shape index (κ1) is 15.9. The summed E-state index contributed by atoms with van der Waals surface area (Å²) < 4.78 is 5.73. The molecule has 1 heterocycles. The monoisotopic (exact) mass is 390 g/mol. The van der Waals surface area contributed by atoms with Crippen LogP contribution in [0, 0.1) is 0 Å². The summed E-state index contributed by atoms with van der Waals surface area (Å²) in [6, 6.07) is 4.78. The van der Waals surface area contributed by atoms with Gasteiger partial charge >= 0.3 is 5.97 Å². The van der Waals surface area contributed by atoms with Gasteiger partial charge in [0.2, 0.25) is 0 Å². The van der Waals surface area contributed by atoms with E-state index < -0.39 is 5.97 Å². The van der Waals surface area contributed by atoms with Gasteiger partial charge in [-0.1, -0.05) is 23.2 Å². The van der Waals surface area contributed by atoms with Crippen molar-refractivity contribution in [1.82, 2.24) is 4.98 Å². The standard InChI is InChI=1S/C13H9BrCl2N2O3/c1-21-12-6(15)3-2-5(9(12)14)8-4-7(17)10(16)11(18-8)13(19)20/h2-4H,1H3,(H2,17,18)(H,19,20). The lowest BCUT2D eigenvalue weighted by atomic mass is 10.1. The number of hydrogen-bond donors (Lipinski definition) is 2. The Hall–Kier alpha value is -1.50. The normalized spacial score (nSPS) is 10.5. The van der Waals surface area contributed by atoms with Gasteiger partial charge in [0.25, 0.3) is 0 Å². The second-order valence-electron chi connectivity index (χ2n) is 4.01. The molecule has 5 nitrogen and oxygen atoms in total. The molecule has 0 saturated heterocycles. The van der Waals surface area contributed by atoms with Crippen LogP contribution in [0.2, 0.25) is 10.0 Å². The molecule has 0 radical (unpaired) electrons. The van der Waals surface area contributed by atoms with E-state index in [-0.39, 0.29) is 16.4 Å². The van der Waals surface area contributed by atoms with Gasteiger partial charge in [-0.15, -0.1) is 0 Å². The van der Waals surface area contributed by atoms with Crippen molar-refractivity contribution in [2.24, 2.45) is 0 Å². The number of ether oxygens (including phenoxy) is 1. The molecule has 3 N–H and O–H groups in total. The highest BCUT2D eigenvalue weighted by molar-refractivity contribution is 9.10. The van der Waals surface area contributed by atoms with Crippen LogP contribution in [-0.4, -0.2) is 23.2 Å². The van der Waals surface area contributed by atoms with E-state index in [2.05, 4.69) is 20.9 Å². The van der Waals surface area contributed by atoms with E-state index in [1.165, 1.54) is 13.2 Å². The number of carboxylic acids is 1. The number of pyridine rings is 1. The number of carbonyl (C=O) groups is 1. The van der Waals surface area contributed by atoms with Gasteiger partial charge in [-0.05, 0) is 34.1 Å². The van der Waals surface area contributed by atoms with Gasteiger partial charge in [0, 0.05) is 5.56 Å². The van der Waals surface area contributed by atoms with Crippen molar-refractivity contribution in [1.29, 1.82) is 0 Å². The highest BCUT2D eigenvalue weighted by Crippen LogP contribution is 2.40. The summed E-state index contributed by atoms with van der Waals surface area (Å²) in [5.41, 5.74) is 6.48. The van der Waals surface area contributed by atoms with Gasteiger partial charge in [0.15, 0.2) is 11.4 Å². The molecule has 0 spiro atoms. The Morgan fingerprint density at radius 3 is 2.67 bits per heavy atom. The molecule has 0 amide bonds. The SMILES string of the molecule is COc1c(Cl)ccc(-c2cc(N)c(Cl)c(C(=O)O)n2)c1Br. The maximum Gasteiger partial charge on any atom is 0.356 e. The smallest absolute Gasteiger partial charge is 0.356 e. The molecule has 8 heteroatoms. The van der Waals surface area contributed by atoms with E-state index in [9.17, 15) is 4.79 Å². The van der Waals surface area contributed by atoms with Crippen molar-refractivity contribution in [3.05, 3.63) is 38.4 Å². The molecule has 0 bridgehead atoms. The first-order valence-electron chi connectivity index (χ1n) is 5.58. The summed E-state index contributed by atoms with van der Waals surface area (Å²) >= 11 is 15.2. The molecule has 2 aromatic rings. The van der Waals surface area contributed by atoms with Gasteiger partial charge in [0.05, 0.1) is 33.0 Å². The summed E-state index contributed by atoms with van der Waals surface area (Å²) in [6.45, 7) is 0. The van der Waals surface area contributed by atoms with Crippen LogP contribution in [0.4, 0.5) is 5.69 Å². The fourth-order valence-electron chi connectivity index (χ4n) is 1.75. The second kappa shape index (κ2) is 6.09. The summed E-state index contributed by atoms with van der Waals surface area (Å²) in [5, 5.41) is 9.43. The van der Waals surface area contributed by atoms with Crippen LogP contribution in [0.3, 0.4) is 0 Å². The number of halogens is 3. The summed E-state index contributed by atoms with van der Waals surface area (Å²) in [7, 11) is 1.47. The van der Waals surface area contributed by atoms with E-state index in [1.807, 2.05) is 0 Å². The van der Waals surface area contributed by atoms with Gasteiger partial charge < -0.3 is 15.6 Å². The molecule has 21 heavy (non-hydrogen) atoms. The Balaban J connectivity index is 2.71. The van der Waals surface area contributed by atoms with E-state index >= 15 is 0 Å². The Morgan fingerprint density at radius 2 is 2.10 bits per heavy atom. The number of aromatic nitrogens is 1. The van der Waals surface area contributed by atoms with Crippen molar-refractivity contribution in [2.45, 2.75) is 0 Å². The number of anilines is 1. The molecule has 2 rings (SSSR count). The predicted molar refractivity (Wildman–Crippen MR) is 85.3 cm³/mol. The van der Waals surface area contributed by atoms with Gasteiger partial charge in [-0.2, -0.15) is 0 Å². The lowest BCUT2D eigenvalue weighted by Crippen LogP contribution is -2.05. The molecular weight excluding hydrogens is 383 g/mol. The van der Waals surface area contributed by atoms with E-state index in [1.54, 1.807) is 12.1 Å². The zero-order chi connectivity index (χ0) is 15.7. The minimum atomic E-state index is -1.26. The quantitative estimate of drug-likeness (QED) is 0.822. The number of methoxy groups -OCH3 is 1. The number of nitrogens with zero attached hydrogens (tertiary/aromatic N) is 1. The Bertz CT molecular complexity index is 738. The average Bonchev–Trinajstić information content (AvgIpc) is 2.42. The zero-order valence-corrected chi connectivity index (χ0v) is 13.8. The first-order valence-corrected chi connectivity index (χ1v) is 7.13. The third-order valence-electron chi connectivity index (χ3n) is 2.72. The number of aromatic carboxylic acids is 1. The summed E-state index contributed by atoms with van der Waals surface area (Å²) in [6.07, 6.45) is 0. The number of nitrogens with two attached hydrogens (primary N) is 1.